The predicted molar refractivity (Wildman–Crippen MR) is 101 cm³/mol. The van der Waals surface area contributed by atoms with Gasteiger partial charge in [0, 0.05) is 19.3 Å². The molecule has 2 aromatic carbocycles. The maximum Gasteiger partial charge on any atom is 0.337 e. The number of sulfonamides is 1. The van der Waals surface area contributed by atoms with Gasteiger partial charge in [0.1, 0.15) is 0 Å². The van der Waals surface area contributed by atoms with E-state index in [9.17, 15) is 21.6 Å². The van der Waals surface area contributed by atoms with Gasteiger partial charge in [-0.15, -0.1) is 0 Å². The summed E-state index contributed by atoms with van der Waals surface area (Å²) in [6.45, 7) is 1.70. The zero-order chi connectivity index (χ0) is 20.4. The highest BCUT2D eigenvalue weighted by molar-refractivity contribution is 7.90. The van der Waals surface area contributed by atoms with Gasteiger partial charge in [-0.2, -0.15) is 4.31 Å². The summed E-state index contributed by atoms with van der Waals surface area (Å²) in [5.74, 6) is -0.549. The van der Waals surface area contributed by atoms with E-state index in [1.807, 2.05) is 0 Å². The maximum atomic E-state index is 12.8. The Bertz CT molecular complexity index is 1030. The number of carbonyl (C=O) groups is 1. The molecule has 7 nitrogen and oxygen atoms in total. The van der Waals surface area contributed by atoms with Gasteiger partial charge in [0.25, 0.3) is 0 Å². The lowest BCUT2D eigenvalue weighted by Crippen LogP contribution is -2.29. The van der Waals surface area contributed by atoms with Crippen LogP contribution in [-0.2, 0) is 24.6 Å². The molecule has 0 radical (unpaired) electrons. The first-order valence-electron chi connectivity index (χ1n) is 7.95. The van der Waals surface area contributed by atoms with E-state index in [4.69, 9.17) is 0 Å². The topological polar surface area (TPSA) is 97.8 Å². The third kappa shape index (κ3) is 4.55. The Kier molecular flexibility index (Phi) is 6.08. The fraction of sp³-hybridized carbons (Fsp3) is 0.278. The zero-order valence-corrected chi connectivity index (χ0v) is 17.0. The lowest BCUT2D eigenvalue weighted by Gasteiger charge is -2.25. The molecule has 0 aliphatic heterocycles. The van der Waals surface area contributed by atoms with Gasteiger partial charge >= 0.3 is 5.97 Å². The molecule has 2 rings (SSSR count). The molecular weight excluding hydrogens is 390 g/mol. The molecule has 1 atom stereocenters. The van der Waals surface area contributed by atoms with Crippen molar-refractivity contribution in [2.45, 2.75) is 22.8 Å². The quantitative estimate of drug-likeness (QED) is 0.676. The van der Waals surface area contributed by atoms with Crippen molar-refractivity contribution in [3.05, 3.63) is 59.7 Å². The molecule has 27 heavy (non-hydrogen) atoms. The fourth-order valence-corrected chi connectivity index (χ4v) is 4.44. The molecule has 0 spiro atoms. The van der Waals surface area contributed by atoms with Crippen LogP contribution in [0.1, 0.15) is 28.9 Å². The highest BCUT2D eigenvalue weighted by Crippen LogP contribution is 2.26. The molecule has 0 saturated heterocycles. The first kappa shape index (κ1) is 21.1. The third-order valence-corrected chi connectivity index (χ3v) is 7.36. The van der Waals surface area contributed by atoms with Crippen LogP contribution in [0.3, 0.4) is 0 Å². The van der Waals surface area contributed by atoms with E-state index < -0.39 is 31.9 Å². The van der Waals surface area contributed by atoms with Gasteiger partial charge in [0.05, 0.1) is 22.5 Å². The number of hydrogen-bond acceptors (Lipinski definition) is 6. The summed E-state index contributed by atoms with van der Waals surface area (Å²) in [5.41, 5.74) is 0.906. The first-order valence-corrected chi connectivity index (χ1v) is 11.3. The summed E-state index contributed by atoms with van der Waals surface area (Å²) < 4.78 is 54.6. The Morgan fingerprint density at radius 2 is 1.41 bits per heavy atom. The highest BCUT2D eigenvalue weighted by Gasteiger charge is 2.26. The largest absolute Gasteiger partial charge is 0.465 e. The molecule has 0 unspecified atom stereocenters. The summed E-state index contributed by atoms with van der Waals surface area (Å²) in [7, 11) is -4.44. The van der Waals surface area contributed by atoms with Crippen molar-refractivity contribution >= 4 is 25.8 Å². The van der Waals surface area contributed by atoms with Crippen LogP contribution in [-0.4, -0.2) is 47.5 Å². The number of rotatable bonds is 6. The fourth-order valence-electron chi connectivity index (χ4n) is 2.46. The standard InChI is InChI=1S/C18H21NO6S2/c1-13(14-5-9-16(10-6-14)26(4,21)22)19(2)27(23,24)17-11-7-15(8-12-17)18(20)25-3/h5-13H,1-4H3/t13-/m0/s1. The van der Waals surface area contributed by atoms with Crippen LogP contribution < -0.4 is 0 Å². The van der Waals surface area contributed by atoms with Crippen molar-refractivity contribution in [3.8, 4) is 0 Å². The van der Waals surface area contributed by atoms with Crippen molar-refractivity contribution in [1.29, 1.82) is 0 Å². The normalized spacial score (nSPS) is 13.4. The highest BCUT2D eigenvalue weighted by atomic mass is 32.2. The smallest absolute Gasteiger partial charge is 0.337 e. The number of carbonyl (C=O) groups excluding carboxylic acids is 1. The second-order valence-electron chi connectivity index (χ2n) is 6.05. The predicted octanol–water partition coefficient (Wildman–Crippen LogP) is 2.26. The number of methoxy groups -OCH3 is 1. The van der Waals surface area contributed by atoms with Gasteiger partial charge in [-0.1, -0.05) is 12.1 Å². The second kappa shape index (κ2) is 7.79. The molecular formula is C18H21NO6S2. The van der Waals surface area contributed by atoms with Crippen molar-refractivity contribution in [2.24, 2.45) is 0 Å². The van der Waals surface area contributed by atoms with Crippen LogP contribution >= 0.6 is 0 Å². The molecule has 0 N–H and O–H groups in total. The summed E-state index contributed by atoms with van der Waals surface area (Å²) in [5, 5.41) is 0. The Balaban J connectivity index is 2.29. The molecule has 0 aliphatic rings. The van der Waals surface area contributed by atoms with Crippen LogP contribution in [0.15, 0.2) is 58.3 Å². The molecule has 2 aromatic rings. The van der Waals surface area contributed by atoms with Crippen molar-refractivity contribution in [2.75, 3.05) is 20.4 Å². The zero-order valence-electron chi connectivity index (χ0n) is 15.4. The molecule has 0 amide bonds. The lowest BCUT2D eigenvalue weighted by molar-refractivity contribution is 0.0600. The number of esters is 1. The van der Waals surface area contributed by atoms with E-state index in [-0.39, 0.29) is 15.4 Å². The molecule has 9 heteroatoms. The van der Waals surface area contributed by atoms with Gasteiger partial charge in [-0.25, -0.2) is 21.6 Å². The summed E-state index contributed by atoms with van der Waals surface area (Å²) in [6, 6.07) is 11.0. The van der Waals surface area contributed by atoms with E-state index in [1.54, 1.807) is 19.1 Å². The number of ether oxygens (including phenoxy) is 1. The Hall–Kier alpha value is -2.23. The van der Waals surface area contributed by atoms with Gasteiger partial charge in [0.2, 0.25) is 10.0 Å². The van der Waals surface area contributed by atoms with Gasteiger partial charge < -0.3 is 4.74 Å². The molecule has 0 aliphatic carbocycles. The molecule has 146 valence electrons. The molecule has 0 heterocycles. The maximum absolute atomic E-state index is 12.8. The molecule has 0 fully saturated rings. The van der Waals surface area contributed by atoms with E-state index in [1.165, 1.54) is 54.9 Å². The average Bonchev–Trinajstić information content (AvgIpc) is 2.65. The average molecular weight is 412 g/mol. The second-order valence-corrected chi connectivity index (χ2v) is 10.1. The number of benzene rings is 2. The van der Waals surface area contributed by atoms with Gasteiger partial charge in [-0.05, 0) is 48.9 Å². The minimum Gasteiger partial charge on any atom is -0.465 e. The number of nitrogens with zero attached hydrogens (tertiary/aromatic N) is 1. The molecule has 0 saturated carbocycles. The van der Waals surface area contributed by atoms with Gasteiger partial charge in [0.15, 0.2) is 9.84 Å². The van der Waals surface area contributed by atoms with Crippen molar-refractivity contribution < 1.29 is 26.4 Å². The van der Waals surface area contributed by atoms with Crippen LogP contribution in [0.5, 0.6) is 0 Å². The minimum absolute atomic E-state index is 0.0391. The van der Waals surface area contributed by atoms with Crippen LogP contribution in [0.25, 0.3) is 0 Å². The Morgan fingerprint density at radius 1 is 0.926 bits per heavy atom. The number of sulfone groups is 1. The summed E-state index contributed by atoms with van der Waals surface area (Å²) >= 11 is 0. The van der Waals surface area contributed by atoms with Crippen molar-refractivity contribution in [3.63, 3.8) is 0 Å². The van der Waals surface area contributed by atoms with E-state index in [2.05, 4.69) is 4.74 Å². The van der Waals surface area contributed by atoms with Crippen LogP contribution in [0.2, 0.25) is 0 Å². The van der Waals surface area contributed by atoms with Gasteiger partial charge in [-0.3, -0.25) is 0 Å². The van der Waals surface area contributed by atoms with E-state index in [0.29, 0.717) is 5.56 Å². The monoisotopic (exact) mass is 411 g/mol. The van der Waals surface area contributed by atoms with Crippen LogP contribution in [0.4, 0.5) is 0 Å². The Morgan fingerprint density at radius 3 is 1.85 bits per heavy atom. The number of hydrogen-bond donors (Lipinski definition) is 0. The summed E-state index contributed by atoms with van der Waals surface area (Å²) in [6.07, 6.45) is 1.11. The van der Waals surface area contributed by atoms with Crippen molar-refractivity contribution in [1.82, 2.24) is 4.31 Å². The lowest BCUT2D eigenvalue weighted by atomic mass is 10.1. The summed E-state index contributed by atoms with van der Waals surface area (Å²) in [4.78, 5) is 11.7. The van der Waals surface area contributed by atoms with E-state index >= 15 is 0 Å². The van der Waals surface area contributed by atoms with Crippen LogP contribution in [0, 0.1) is 0 Å². The molecule has 0 aromatic heterocycles. The first-order chi connectivity index (χ1) is 12.5. The SMILES string of the molecule is COC(=O)c1ccc(S(=O)(=O)N(C)[C@@H](C)c2ccc(S(C)(=O)=O)cc2)cc1. The Labute approximate surface area is 159 Å². The molecule has 0 bridgehead atoms. The minimum atomic E-state index is -3.81. The third-order valence-electron chi connectivity index (χ3n) is 4.29. The van der Waals surface area contributed by atoms with E-state index in [0.717, 1.165) is 6.26 Å².